The standard InChI is InChI=1S/C27H26N6O/c1-20-18-32(19-29-20)23-10-8-21(16-24(23)34-2)9-11-25-30-26-27(14-5-15-33(26)31-25)12-3-6-22(17-28)7-4-13-27/h3-4,6-12,16,18-19H,5,13-15H2,1-2H3/b7-4-,11-9+,12-3+,22-6+. The Morgan fingerprint density at radius 1 is 1.26 bits per heavy atom. The Bertz CT molecular complexity index is 1380. The van der Waals surface area contributed by atoms with Crippen LogP contribution in [-0.2, 0) is 12.0 Å². The van der Waals surface area contributed by atoms with Crippen LogP contribution in [0.5, 0.6) is 5.75 Å². The molecule has 0 radical (unpaired) electrons. The third-order valence-corrected chi connectivity index (χ3v) is 6.34. The van der Waals surface area contributed by atoms with Gasteiger partial charge in [0.05, 0.1) is 41.9 Å². The topological polar surface area (TPSA) is 81.5 Å². The number of nitriles is 1. The molecule has 1 spiro atoms. The van der Waals surface area contributed by atoms with E-state index < -0.39 is 0 Å². The van der Waals surface area contributed by atoms with Gasteiger partial charge in [-0.25, -0.2) is 14.6 Å². The zero-order valence-corrected chi connectivity index (χ0v) is 19.3. The number of aromatic nitrogens is 5. The summed E-state index contributed by atoms with van der Waals surface area (Å²) in [4.78, 5) is 9.22. The van der Waals surface area contributed by atoms with Crippen molar-refractivity contribution in [3.8, 4) is 17.5 Å². The first-order valence-corrected chi connectivity index (χ1v) is 11.4. The SMILES string of the molecule is COc1cc(/C=C/c2nc3n(n2)CCCC32/C=C/C=C(C#N)\C=C/C2)ccc1-n1cnc(C)c1. The quantitative estimate of drug-likeness (QED) is 0.562. The van der Waals surface area contributed by atoms with Crippen molar-refractivity contribution >= 4 is 12.2 Å². The molecule has 170 valence electrons. The van der Waals surface area contributed by atoms with Crippen LogP contribution in [0.2, 0.25) is 0 Å². The number of imidazole rings is 1. The van der Waals surface area contributed by atoms with E-state index in [2.05, 4.69) is 23.2 Å². The van der Waals surface area contributed by atoms with Crippen LogP contribution in [0.15, 0.2) is 66.7 Å². The smallest absolute Gasteiger partial charge is 0.174 e. The Morgan fingerprint density at radius 3 is 2.97 bits per heavy atom. The van der Waals surface area contributed by atoms with Gasteiger partial charge in [0, 0.05) is 12.7 Å². The van der Waals surface area contributed by atoms with Gasteiger partial charge in [-0.3, -0.25) is 0 Å². The minimum absolute atomic E-state index is 0.195. The van der Waals surface area contributed by atoms with Crippen molar-refractivity contribution in [1.29, 1.82) is 5.26 Å². The third-order valence-electron chi connectivity index (χ3n) is 6.34. The molecule has 34 heavy (non-hydrogen) atoms. The van der Waals surface area contributed by atoms with Crippen LogP contribution >= 0.6 is 0 Å². The predicted molar refractivity (Wildman–Crippen MR) is 131 cm³/mol. The minimum Gasteiger partial charge on any atom is -0.495 e. The fourth-order valence-electron chi connectivity index (χ4n) is 4.63. The van der Waals surface area contributed by atoms with Crippen LogP contribution in [0.1, 0.15) is 42.2 Å². The van der Waals surface area contributed by atoms with Gasteiger partial charge in [-0.15, -0.1) is 0 Å². The zero-order valence-electron chi connectivity index (χ0n) is 19.3. The molecule has 1 atom stereocenters. The van der Waals surface area contributed by atoms with E-state index in [4.69, 9.17) is 14.8 Å². The number of rotatable bonds is 4. The highest BCUT2D eigenvalue weighted by Gasteiger charge is 2.36. The van der Waals surface area contributed by atoms with Crippen LogP contribution < -0.4 is 4.74 Å². The molecule has 7 nitrogen and oxygen atoms in total. The van der Waals surface area contributed by atoms with Crippen molar-refractivity contribution in [1.82, 2.24) is 24.3 Å². The van der Waals surface area contributed by atoms with Crippen molar-refractivity contribution in [2.45, 2.75) is 38.1 Å². The van der Waals surface area contributed by atoms with E-state index in [1.165, 1.54) is 0 Å². The monoisotopic (exact) mass is 450 g/mol. The summed E-state index contributed by atoms with van der Waals surface area (Å²) in [6.07, 6.45) is 20.6. The molecule has 0 N–H and O–H groups in total. The average molecular weight is 451 g/mol. The normalized spacial score (nSPS) is 22.9. The van der Waals surface area contributed by atoms with Crippen LogP contribution in [0.25, 0.3) is 17.8 Å². The summed E-state index contributed by atoms with van der Waals surface area (Å²) in [6, 6.07) is 8.27. The molecular formula is C27H26N6O. The fourth-order valence-corrected chi connectivity index (χ4v) is 4.63. The van der Waals surface area contributed by atoms with Gasteiger partial charge >= 0.3 is 0 Å². The average Bonchev–Trinajstić information content (AvgIpc) is 3.46. The number of ether oxygens (including phenoxy) is 1. The Hall–Kier alpha value is -4.18. The number of nitrogens with zero attached hydrogens (tertiary/aromatic N) is 6. The van der Waals surface area contributed by atoms with E-state index >= 15 is 0 Å². The molecule has 5 rings (SSSR count). The third kappa shape index (κ3) is 4.11. The number of methoxy groups -OCH3 is 1. The number of fused-ring (bicyclic) bond motifs is 2. The summed E-state index contributed by atoms with van der Waals surface area (Å²) < 4.78 is 9.61. The molecule has 2 aromatic heterocycles. The van der Waals surface area contributed by atoms with Crippen molar-refractivity contribution in [2.75, 3.05) is 7.11 Å². The van der Waals surface area contributed by atoms with Gasteiger partial charge in [0.1, 0.15) is 11.6 Å². The highest BCUT2D eigenvalue weighted by atomic mass is 16.5. The van der Waals surface area contributed by atoms with E-state index in [1.807, 2.05) is 70.9 Å². The Kier molecular flexibility index (Phi) is 5.72. The maximum Gasteiger partial charge on any atom is 0.174 e. The molecule has 3 heterocycles. The second-order valence-corrected chi connectivity index (χ2v) is 8.66. The first kappa shape index (κ1) is 21.7. The maximum absolute atomic E-state index is 9.18. The second-order valence-electron chi connectivity index (χ2n) is 8.66. The van der Waals surface area contributed by atoms with Crippen LogP contribution in [0, 0.1) is 18.3 Å². The molecule has 0 bridgehead atoms. The number of allylic oxidation sites excluding steroid dienone is 6. The Labute approximate surface area is 199 Å². The molecule has 7 heteroatoms. The highest BCUT2D eigenvalue weighted by Crippen LogP contribution is 2.38. The molecule has 0 saturated carbocycles. The molecule has 0 saturated heterocycles. The number of benzene rings is 1. The van der Waals surface area contributed by atoms with Crippen LogP contribution in [0.3, 0.4) is 0 Å². The maximum atomic E-state index is 9.18. The molecule has 3 aromatic rings. The lowest BCUT2D eigenvalue weighted by Crippen LogP contribution is -2.32. The zero-order chi connectivity index (χ0) is 23.5. The predicted octanol–water partition coefficient (Wildman–Crippen LogP) is 4.95. The summed E-state index contributed by atoms with van der Waals surface area (Å²) in [5, 5.41) is 13.9. The highest BCUT2D eigenvalue weighted by molar-refractivity contribution is 5.69. The van der Waals surface area contributed by atoms with Crippen LogP contribution in [-0.4, -0.2) is 31.4 Å². The second kappa shape index (κ2) is 8.99. The van der Waals surface area contributed by atoms with Crippen molar-refractivity contribution in [3.05, 3.63) is 89.6 Å². The van der Waals surface area contributed by atoms with Crippen molar-refractivity contribution in [3.63, 3.8) is 0 Å². The van der Waals surface area contributed by atoms with E-state index in [1.54, 1.807) is 13.4 Å². The molecule has 1 aliphatic heterocycles. The van der Waals surface area contributed by atoms with E-state index in [0.717, 1.165) is 54.3 Å². The van der Waals surface area contributed by atoms with E-state index in [9.17, 15) is 5.26 Å². The van der Waals surface area contributed by atoms with Gasteiger partial charge in [-0.1, -0.05) is 30.4 Å². The Morgan fingerprint density at radius 2 is 2.18 bits per heavy atom. The summed E-state index contributed by atoms with van der Waals surface area (Å²) in [5.74, 6) is 2.44. The van der Waals surface area contributed by atoms with Crippen molar-refractivity contribution < 1.29 is 4.74 Å². The molecule has 1 unspecified atom stereocenters. The molecular weight excluding hydrogens is 424 g/mol. The molecule has 0 fully saturated rings. The lowest BCUT2D eigenvalue weighted by Gasteiger charge is -2.33. The summed E-state index contributed by atoms with van der Waals surface area (Å²) >= 11 is 0. The van der Waals surface area contributed by atoms with E-state index in [-0.39, 0.29) is 5.41 Å². The number of aryl methyl sites for hydroxylation is 2. The Balaban J connectivity index is 1.42. The summed E-state index contributed by atoms with van der Waals surface area (Å²) in [6.45, 7) is 2.83. The molecule has 0 amide bonds. The van der Waals surface area contributed by atoms with Gasteiger partial charge < -0.3 is 9.30 Å². The lowest BCUT2D eigenvalue weighted by atomic mass is 9.76. The van der Waals surface area contributed by atoms with E-state index in [0.29, 0.717) is 11.4 Å². The first-order valence-electron chi connectivity index (χ1n) is 11.4. The summed E-state index contributed by atoms with van der Waals surface area (Å²) in [5.41, 5.74) is 3.36. The van der Waals surface area contributed by atoms with Gasteiger partial charge in [-0.05, 0) is 62.1 Å². The largest absolute Gasteiger partial charge is 0.495 e. The van der Waals surface area contributed by atoms with Gasteiger partial charge in [-0.2, -0.15) is 10.4 Å². The van der Waals surface area contributed by atoms with Gasteiger partial charge in [0.2, 0.25) is 0 Å². The van der Waals surface area contributed by atoms with Crippen LogP contribution in [0.4, 0.5) is 0 Å². The number of hydrogen-bond acceptors (Lipinski definition) is 5. The summed E-state index contributed by atoms with van der Waals surface area (Å²) in [7, 11) is 1.67. The number of hydrogen-bond donors (Lipinski definition) is 0. The minimum atomic E-state index is -0.195. The fraction of sp³-hybridized carbons (Fsp3) is 0.259. The van der Waals surface area contributed by atoms with Gasteiger partial charge in [0.15, 0.2) is 5.82 Å². The molecule has 2 aliphatic rings. The van der Waals surface area contributed by atoms with Gasteiger partial charge in [0.25, 0.3) is 0 Å². The molecule has 1 aromatic carbocycles. The molecule has 1 aliphatic carbocycles. The van der Waals surface area contributed by atoms with Crippen molar-refractivity contribution in [2.24, 2.45) is 0 Å². The first-order chi connectivity index (χ1) is 16.6. The lowest BCUT2D eigenvalue weighted by molar-refractivity contribution is 0.346.